The molecule has 2 N–H and O–H groups in total. The van der Waals surface area contributed by atoms with Gasteiger partial charge in [-0.2, -0.15) is 0 Å². The number of aromatic hydroxyl groups is 2. The van der Waals surface area contributed by atoms with Crippen LogP contribution in [0.1, 0.15) is 1.37 Å². The van der Waals surface area contributed by atoms with Crippen LogP contribution in [0.3, 0.4) is 0 Å². The highest BCUT2D eigenvalue weighted by molar-refractivity contribution is 5.85. The summed E-state index contributed by atoms with van der Waals surface area (Å²) in [5.74, 6) is -0.342. The van der Waals surface area contributed by atoms with Gasteiger partial charge in [0.1, 0.15) is 0 Å². The molecule has 0 aliphatic heterocycles. The number of rotatable bonds is 0. The highest BCUT2D eigenvalue weighted by Crippen LogP contribution is 2.29. The van der Waals surface area contributed by atoms with E-state index in [1.165, 1.54) is 12.1 Å². The third-order valence-corrected chi connectivity index (χ3v) is 1.76. The Morgan fingerprint density at radius 3 is 2.42 bits per heavy atom. The molecule has 0 heterocycles. The molecule has 0 unspecified atom stereocenters. The molecule has 0 saturated heterocycles. The topological polar surface area (TPSA) is 40.5 Å². The van der Waals surface area contributed by atoms with Crippen molar-refractivity contribution < 1.29 is 11.6 Å². The van der Waals surface area contributed by atoms with Crippen molar-refractivity contribution in [2.45, 2.75) is 0 Å². The van der Waals surface area contributed by atoms with Crippen LogP contribution in [0.2, 0.25) is 0 Å². The molecule has 0 aliphatic rings. The van der Waals surface area contributed by atoms with Crippen molar-refractivity contribution in [2.24, 2.45) is 0 Å². The lowest BCUT2D eigenvalue weighted by Gasteiger charge is -2.00. The number of fused-ring (bicyclic) bond motifs is 1. The molecule has 2 rings (SSSR count). The van der Waals surface area contributed by atoms with E-state index in [2.05, 4.69) is 0 Å². The molecule has 2 aromatic rings. The van der Waals surface area contributed by atoms with Gasteiger partial charge in [-0.3, -0.25) is 0 Å². The molecule has 2 nitrogen and oxygen atoms in total. The first-order valence-corrected chi connectivity index (χ1v) is 3.60. The Morgan fingerprint density at radius 1 is 1.00 bits per heavy atom. The van der Waals surface area contributed by atoms with E-state index in [9.17, 15) is 10.2 Å². The molecule has 0 bridgehead atoms. The molecule has 2 aromatic carbocycles. The number of hydrogen-bond acceptors (Lipinski definition) is 2. The van der Waals surface area contributed by atoms with Crippen molar-refractivity contribution in [1.29, 1.82) is 0 Å². The summed E-state index contributed by atoms with van der Waals surface area (Å²) in [5.41, 5.74) is 0. The molecular formula is C10H8O2. The molecule has 2 heteroatoms. The summed E-state index contributed by atoms with van der Waals surface area (Å²) in [4.78, 5) is 0. The number of phenolic OH excluding ortho intramolecular Hbond substituents is 2. The molecule has 0 radical (unpaired) electrons. The third-order valence-electron chi connectivity index (χ3n) is 1.76. The summed E-state index contributed by atoms with van der Waals surface area (Å²) in [6, 6.07) is 8.34. The quantitative estimate of drug-likeness (QED) is 0.582. The number of phenols is 2. The highest BCUT2D eigenvalue weighted by Gasteiger charge is 1.99. The minimum atomic E-state index is -0.188. The molecule has 0 amide bonds. The average molecular weight is 161 g/mol. The van der Waals surface area contributed by atoms with E-state index in [0.29, 0.717) is 11.4 Å². The van der Waals surface area contributed by atoms with E-state index in [-0.39, 0.29) is 11.5 Å². The monoisotopic (exact) mass is 161 g/mol. The lowest BCUT2D eigenvalue weighted by molar-refractivity contribution is 0.405. The van der Waals surface area contributed by atoms with E-state index in [1.54, 1.807) is 18.2 Å². The maximum atomic E-state index is 9.21. The fourth-order valence-electron chi connectivity index (χ4n) is 1.15. The molecule has 0 spiro atoms. The SMILES string of the molecule is [2H]c1cccc2cc(O)c(O)cc12. The van der Waals surface area contributed by atoms with Crippen LogP contribution in [0.5, 0.6) is 11.5 Å². The van der Waals surface area contributed by atoms with Crippen molar-refractivity contribution in [1.82, 2.24) is 0 Å². The molecule has 0 aromatic heterocycles. The van der Waals surface area contributed by atoms with Gasteiger partial charge in [0, 0.05) is 0 Å². The van der Waals surface area contributed by atoms with Gasteiger partial charge in [0.25, 0.3) is 0 Å². The lowest BCUT2D eigenvalue weighted by atomic mass is 10.1. The fraction of sp³-hybridized carbons (Fsp3) is 0. The largest absolute Gasteiger partial charge is 0.504 e. The predicted octanol–water partition coefficient (Wildman–Crippen LogP) is 2.25. The van der Waals surface area contributed by atoms with Gasteiger partial charge < -0.3 is 10.2 Å². The molecule has 0 aliphatic carbocycles. The van der Waals surface area contributed by atoms with Crippen LogP contribution in [0.25, 0.3) is 10.8 Å². The first kappa shape index (κ1) is 5.89. The second kappa shape index (κ2) is 2.41. The van der Waals surface area contributed by atoms with Gasteiger partial charge in [-0.25, -0.2) is 0 Å². The second-order valence-corrected chi connectivity index (χ2v) is 2.60. The molecule has 60 valence electrons. The Balaban J connectivity index is 2.89. The number of benzene rings is 2. The van der Waals surface area contributed by atoms with Crippen LogP contribution < -0.4 is 0 Å². The molecule has 0 atom stereocenters. The van der Waals surface area contributed by atoms with Crippen LogP contribution in [-0.2, 0) is 0 Å². The highest BCUT2D eigenvalue weighted by atomic mass is 16.3. The summed E-state index contributed by atoms with van der Waals surface area (Å²) < 4.78 is 7.54. The van der Waals surface area contributed by atoms with Crippen LogP contribution in [0.15, 0.2) is 36.4 Å². The Morgan fingerprint density at radius 2 is 1.67 bits per heavy atom. The Kier molecular flexibility index (Phi) is 1.18. The van der Waals surface area contributed by atoms with Crippen molar-refractivity contribution in [3.05, 3.63) is 36.4 Å². The van der Waals surface area contributed by atoms with Gasteiger partial charge in [0.05, 0.1) is 1.37 Å². The van der Waals surface area contributed by atoms with Crippen LogP contribution in [-0.4, -0.2) is 10.2 Å². The van der Waals surface area contributed by atoms with Crippen LogP contribution in [0.4, 0.5) is 0 Å². The molecular weight excluding hydrogens is 152 g/mol. The van der Waals surface area contributed by atoms with E-state index in [1.807, 2.05) is 0 Å². The van der Waals surface area contributed by atoms with Crippen molar-refractivity contribution in [3.8, 4) is 11.5 Å². The van der Waals surface area contributed by atoms with E-state index < -0.39 is 0 Å². The maximum absolute atomic E-state index is 9.21. The summed E-state index contributed by atoms with van der Waals surface area (Å²) in [5, 5.41) is 19.8. The smallest absolute Gasteiger partial charge is 0.158 e. The van der Waals surface area contributed by atoms with Crippen molar-refractivity contribution >= 4 is 10.8 Å². The molecule has 12 heavy (non-hydrogen) atoms. The Hall–Kier alpha value is -1.70. The zero-order valence-corrected chi connectivity index (χ0v) is 6.28. The summed E-state index contributed by atoms with van der Waals surface area (Å²) in [6.07, 6.45) is 0. The van der Waals surface area contributed by atoms with Crippen molar-refractivity contribution in [3.63, 3.8) is 0 Å². The Labute approximate surface area is 71.1 Å². The van der Waals surface area contributed by atoms with Gasteiger partial charge in [-0.1, -0.05) is 24.2 Å². The van der Waals surface area contributed by atoms with E-state index in [4.69, 9.17) is 1.37 Å². The standard InChI is InChI=1S/C10H8O2/c11-9-5-7-3-1-2-4-8(7)6-10(9)12/h1-6,11-12H/i3D. The summed E-state index contributed by atoms with van der Waals surface area (Å²) >= 11 is 0. The van der Waals surface area contributed by atoms with Crippen molar-refractivity contribution in [2.75, 3.05) is 0 Å². The normalized spacial score (nSPS) is 11.5. The van der Waals surface area contributed by atoms with Gasteiger partial charge in [-0.05, 0) is 22.9 Å². The van der Waals surface area contributed by atoms with Gasteiger partial charge in [0.15, 0.2) is 11.5 Å². The van der Waals surface area contributed by atoms with E-state index in [0.717, 1.165) is 5.39 Å². The maximum Gasteiger partial charge on any atom is 0.158 e. The predicted molar refractivity (Wildman–Crippen MR) is 47.3 cm³/mol. The van der Waals surface area contributed by atoms with Gasteiger partial charge in [-0.15, -0.1) is 0 Å². The number of hydrogen-bond donors (Lipinski definition) is 2. The fourth-order valence-corrected chi connectivity index (χ4v) is 1.15. The Bertz CT molecular complexity index is 466. The first-order chi connectivity index (χ1) is 6.18. The molecule has 0 fully saturated rings. The van der Waals surface area contributed by atoms with Crippen LogP contribution >= 0.6 is 0 Å². The van der Waals surface area contributed by atoms with E-state index >= 15 is 0 Å². The average Bonchev–Trinajstić information content (AvgIpc) is 2.09. The summed E-state index contributed by atoms with van der Waals surface area (Å²) in [6.45, 7) is 0. The van der Waals surface area contributed by atoms with Gasteiger partial charge in [0.2, 0.25) is 0 Å². The molecule has 0 saturated carbocycles. The summed E-state index contributed by atoms with van der Waals surface area (Å²) in [7, 11) is 0. The minimum Gasteiger partial charge on any atom is -0.504 e. The zero-order valence-electron chi connectivity index (χ0n) is 7.28. The van der Waals surface area contributed by atoms with Crippen LogP contribution in [0, 0.1) is 0 Å². The lowest BCUT2D eigenvalue weighted by Crippen LogP contribution is -1.72. The third kappa shape index (κ3) is 0.975. The minimum absolute atomic E-state index is 0.155. The van der Waals surface area contributed by atoms with Gasteiger partial charge >= 0.3 is 0 Å². The first-order valence-electron chi connectivity index (χ1n) is 4.10. The second-order valence-electron chi connectivity index (χ2n) is 2.60. The zero-order chi connectivity index (χ0) is 9.42.